The van der Waals surface area contributed by atoms with Crippen LogP contribution in [0.3, 0.4) is 0 Å². The van der Waals surface area contributed by atoms with Gasteiger partial charge in [-0.1, -0.05) is 18.7 Å². The van der Waals surface area contributed by atoms with E-state index in [4.69, 9.17) is 9.47 Å². The van der Waals surface area contributed by atoms with Crippen molar-refractivity contribution in [3.63, 3.8) is 0 Å². The number of aliphatic imine (C=N–C) groups is 1. The largest absolute Gasteiger partial charge is 0.497 e. The van der Waals surface area contributed by atoms with Gasteiger partial charge in [0.15, 0.2) is 0 Å². The smallest absolute Gasteiger partial charge is 0.249 e. The predicted octanol–water partition coefficient (Wildman–Crippen LogP) is 4.62. The molecule has 28 heavy (non-hydrogen) atoms. The molecule has 2 aromatic carbocycles. The van der Waals surface area contributed by atoms with E-state index in [1.165, 1.54) is 0 Å². The molecule has 3 aromatic rings. The fraction of sp³-hybridized carbons (Fsp3) is 0.0455. The summed E-state index contributed by atoms with van der Waals surface area (Å²) in [6, 6.07) is 17.2. The van der Waals surface area contributed by atoms with E-state index in [2.05, 4.69) is 26.9 Å². The first-order chi connectivity index (χ1) is 13.7. The molecule has 0 aliphatic carbocycles. The summed E-state index contributed by atoms with van der Waals surface area (Å²) in [4.78, 5) is 12.6. The number of allylic oxidation sites excluding steroid dienone is 1. The van der Waals surface area contributed by atoms with Crippen LogP contribution in [0.2, 0.25) is 0 Å². The molecule has 0 bridgehead atoms. The van der Waals surface area contributed by atoms with Crippen LogP contribution in [0.4, 0.5) is 11.6 Å². The molecule has 0 atom stereocenters. The molecule has 0 saturated carbocycles. The normalized spacial score (nSPS) is 13.2. The van der Waals surface area contributed by atoms with Crippen molar-refractivity contribution >= 4 is 23.5 Å². The first-order valence-corrected chi connectivity index (χ1v) is 8.67. The minimum absolute atomic E-state index is 0.366. The number of methoxy groups -OCH3 is 1. The lowest BCUT2D eigenvalue weighted by Crippen LogP contribution is -2.14. The number of para-hydroxylation sites is 1. The van der Waals surface area contributed by atoms with Gasteiger partial charge in [0, 0.05) is 29.9 Å². The van der Waals surface area contributed by atoms with Crippen molar-refractivity contribution in [2.75, 3.05) is 12.4 Å². The molecule has 1 N–H and O–H groups in total. The summed E-state index contributed by atoms with van der Waals surface area (Å²) in [6.07, 6.45) is 4.96. The summed E-state index contributed by atoms with van der Waals surface area (Å²) in [6.45, 7) is 4.05. The molecule has 0 spiro atoms. The van der Waals surface area contributed by atoms with Crippen LogP contribution < -0.4 is 14.8 Å². The Labute approximate surface area is 162 Å². The zero-order valence-corrected chi connectivity index (χ0v) is 15.3. The molecule has 2 heterocycles. The standard InChI is InChI=1S/C22H18N4O2/c1-15-19(14-25-22-23-12-5-13-24-22)21(18-6-3-4-7-20(18)28-15)26-16-8-10-17(27-2)11-9-16/h3-14,26H,1H2,2H3/b25-14+. The Balaban J connectivity index is 1.77. The molecule has 0 amide bonds. The van der Waals surface area contributed by atoms with Crippen LogP contribution in [0.15, 0.2) is 89.9 Å². The number of hydrogen-bond acceptors (Lipinski definition) is 6. The topological polar surface area (TPSA) is 68.6 Å². The lowest BCUT2D eigenvalue weighted by Gasteiger charge is -2.24. The molecular formula is C22H18N4O2. The second-order valence-corrected chi connectivity index (χ2v) is 5.97. The van der Waals surface area contributed by atoms with Crippen LogP contribution in [0, 0.1) is 0 Å². The minimum atomic E-state index is 0.366. The van der Waals surface area contributed by atoms with Crippen molar-refractivity contribution in [2.45, 2.75) is 0 Å². The zero-order chi connectivity index (χ0) is 19.3. The second kappa shape index (κ2) is 7.75. The highest BCUT2D eigenvalue weighted by molar-refractivity contribution is 6.01. The highest BCUT2D eigenvalue weighted by Gasteiger charge is 2.22. The Morgan fingerprint density at radius 3 is 2.54 bits per heavy atom. The van der Waals surface area contributed by atoms with E-state index in [9.17, 15) is 0 Å². The van der Waals surface area contributed by atoms with Crippen molar-refractivity contribution in [1.29, 1.82) is 0 Å². The molecule has 1 aliphatic rings. The van der Waals surface area contributed by atoms with Crippen molar-refractivity contribution in [2.24, 2.45) is 4.99 Å². The van der Waals surface area contributed by atoms with Gasteiger partial charge < -0.3 is 14.8 Å². The zero-order valence-electron chi connectivity index (χ0n) is 15.3. The van der Waals surface area contributed by atoms with Gasteiger partial charge in [-0.3, -0.25) is 0 Å². The maximum atomic E-state index is 5.89. The molecule has 1 aromatic heterocycles. The van der Waals surface area contributed by atoms with Gasteiger partial charge in [0.1, 0.15) is 17.3 Å². The predicted molar refractivity (Wildman–Crippen MR) is 110 cm³/mol. The fourth-order valence-electron chi connectivity index (χ4n) is 2.80. The van der Waals surface area contributed by atoms with E-state index in [1.54, 1.807) is 31.8 Å². The summed E-state index contributed by atoms with van der Waals surface area (Å²) in [5.74, 6) is 2.39. The molecule has 0 unspecified atom stereocenters. The fourth-order valence-corrected chi connectivity index (χ4v) is 2.80. The lowest BCUT2D eigenvalue weighted by molar-refractivity contribution is 0.415. The van der Waals surface area contributed by atoms with Crippen LogP contribution >= 0.6 is 0 Å². The number of anilines is 1. The van der Waals surface area contributed by atoms with E-state index in [0.717, 1.165) is 34.0 Å². The van der Waals surface area contributed by atoms with E-state index < -0.39 is 0 Å². The average Bonchev–Trinajstić information content (AvgIpc) is 2.74. The van der Waals surface area contributed by atoms with Gasteiger partial charge in [-0.15, -0.1) is 0 Å². The Morgan fingerprint density at radius 1 is 1.04 bits per heavy atom. The summed E-state index contributed by atoms with van der Waals surface area (Å²) in [7, 11) is 1.64. The molecule has 4 rings (SSSR count). The third kappa shape index (κ3) is 3.61. The maximum Gasteiger partial charge on any atom is 0.249 e. The highest BCUT2D eigenvalue weighted by Crippen LogP contribution is 2.37. The third-order valence-electron chi connectivity index (χ3n) is 4.18. The summed E-state index contributed by atoms with van der Waals surface area (Å²) in [5, 5.41) is 3.46. The Morgan fingerprint density at radius 2 is 1.79 bits per heavy atom. The van der Waals surface area contributed by atoms with Crippen LogP contribution in [-0.2, 0) is 0 Å². The van der Waals surface area contributed by atoms with E-state index >= 15 is 0 Å². The van der Waals surface area contributed by atoms with Crippen LogP contribution in [-0.4, -0.2) is 23.3 Å². The Bertz CT molecular complexity index is 1060. The quantitative estimate of drug-likeness (QED) is 0.664. The Kier molecular flexibility index (Phi) is 4.84. The molecule has 0 saturated heterocycles. The van der Waals surface area contributed by atoms with Gasteiger partial charge in [-0.25, -0.2) is 15.0 Å². The van der Waals surface area contributed by atoms with Crippen LogP contribution in [0.25, 0.3) is 5.70 Å². The third-order valence-corrected chi connectivity index (χ3v) is 4.18. The van der Waals surface area contributed by atoms with E-state index in [0.29, 0.717) is 11.7 Å². The molecule has 6 heteroatoms. The summed E-state index contributed by atoms with van der Waals surface area (Å²) >= 11 is 0. The Hall–Kier alpha value is -3.93. The van der Waals surface area contributed by atoms with Gasteiger partial charge in [0.25, 0.3) is 0 Å². The number of aromatic nitrogens is 2. The minimum Gasteiger partial charge on any atom is -0.497 e. The molecular weight excluding hydrogens is 352 g/mol. The maximum absolute atomic E-state index is 5.89. The first-order valence-electron chi connectivity index (χ1n) is 8.67. The number of nitrogens with one attached hydrogen (secondary N) is 1. The number of hydrogen-bond donors (Lipinski definition) is 1. The van der Waals surface area contributed by atoms with Crippen LogP contribution in [0.5, 0.6) is 11.5 Å². The number of ether oxygens (including phenoxy) is 2. The summed E-state index contributed by atoms with van der Waals surface area (Å²) < 4.78 is 11.1. The highest BCUT2D eigenvalue weighted by atomic mass is 16.5. The van der Waals surface area contributed by atoms with Gasteiger partial charge in [0.2, 0.25) is 5.95 Å². The average molecular weight is 370 g/mol. The van der Waals surface area contributed by atoms with Crippen molar-refractivity contribution in [3.05, 3.63) is 90.5 Å². The number of fused-ring (bicyclic) bond motifs is 1. The van der Waals surface area contributed by atoms with E-state index in [1.807, 2.05) is 48.5 Å². The van der Waals surface area contributed by atoms with Crippen LogP contribution in [0.1, 0.15) is 5.56 Å². The second-order valence-electron chi connectivity index (χ2n) is 5.97. The van der Waals surface area contributed by atoms with E-state index in [-0.39, 0.29) is 0 Å². The van der Waals surface area contributed by atoms with Crippen molar-refractivity contribution in [3.8, 4) is 11.5 Å². The molecule has 1 aliphatic heterocycles. The van der Waals surface area contributed by atoms with Gasteiger partial charge >= 0.3 is 0 Å². The summed E-state index contributed by atoms with van der Waals surface area (Å²) in [5.41, 5.74) is 3.39. The molecule has 0 fully saturated rings. The molecule has 0 radical (unpaired) electrons. The monoisotopic (exact) mass is 370 g/mol. The van der Waals surface area contributed by atoms with Crippen molar-refractivity contribution in [1.82, 2.24) is 9.97 Å². The number of rotatable bonds is 5. The molecule has 138 valence electrons. The number of benzene rings is 2. The lowest BCUT2D eigenvalue weighted by atomic mass is 10.0. The van der Waals surface area contributed by atoms with Gasteiger partial charge in [-0.2, -0.15) is 0 Å². The van der Waals surface area contributed by atoms with Gasteiger partial charge in [0.05, 0.1) is 18.4 Å². The SMILES string of the molecule is C=C1Oc2ccccc2C(Nc2ccc(OC)cc2)=C1/C=N/c1ncccn1. The molecule has 6 nitrogen and oxygen atoms in total. The van der Waals surface area contributed by atoms with Gasteiger partial charge in [-0.05, 0) is 42.5 Å². The number of nitrogens with zero attached hydrogens (tertiary/aromatic N) is 3. The first kappa shape index (κ1) is 17.5. The van der Waals surface area contributed by atoms with Crippen molar-refractivity contribution < 1.29 is 9.47 Å².